The van der Waals surface area contributed by atoms with Crippen molar-refractivity contribution in [2.24, 2.45) is 0 Å². The van der Waals surface area contributed by atoms with E-state index in [1.807, 2.05) is 0 Å². The SMILES string of the molecule is [O]COC([O])c1ccccc1. The Morgan fingerprint density at radius 3 is 2.45 bits per heavy atom. The minimum absolute atomic E-state index is 0.489. The van der Waals surface area contributed by atoms with E-state index < -0.39 is 13.1 Å². The van der Waals surface area contributed by atoms with Crippen LogP contribution >= 0.6 is 0 Å². The molecule has 3 heteroatoms. The summed E-state index contributed by atoms with van der Waals surface area (Å²) in [6.07, 6.45) is -1.34. The Bertz CT molecular complexity index is 198. The number of ether oxygens (including phenoxy) is 1. The normalized spacial score (nSPS) is 12.9. The Kier molecular flexibility index (Phi) is 3.04. The number of hydrogen-bond acceptors (Lipinski definition) is 1. The summed E-state index contributed by atoms with van der Waals surface area (Å²) in [4.78, 5) is 0. The highest BCUT2D eigenvalue weighted by atomic mass is 16.7. The van der Waals surface area contributed by atoms with Crippen molar-refractivity contribution in [2.45, 2.75) is 6.29 Å². The van der Waals surface area contributed by atoms with E-state index in [0.717, 1.165) is 0 Å². The van der Waals surface area contributed by atoms with Crippen LogP contribution in [0.4, 0.5) is 0 Å². The summed E-state index contributed by atoms with van der Waals surface area (Å²) >= 11 is 0. The first-order valence-corrected chi connectivity index (χ1v) is 3.25. The molecule has 0 aliphatic carbocycles. The van der Waals surface area contributed by atoms with Crippen molar-refractivity contribution in [3.63, 3.8) is 0 Å². The van der Waals surface area contributed by atoms with Gasteiger partial charge < -0.3 is 4.74 Å². The van der Waals surface area contributed by atoms with Crippen LogP contribution in [0.15, 0.2) is 30.3 Å². The largest absolute Gasteiger partial charge is 0.316 e. The molecule has 0 spiro atoms. The van der Waals surface area contributed by atoms with Crippen molar-refractivity contribution in [3.05, 3.63) is 35.9 Å². The van der Waals surface area contributed by atoms with Crippen LogP contribution in [-0.2, 0) is 14.9 Å². The summed E-state index contributed by atoms with van der Waals surface area (Å²) in [5, 5.41) is 20.8. The summed E-state index contributed by atoms with van der Waals surface area (Å²) < 4.78 is 4.32. The molecule has 0 N–H and O–H groups in total. The Balaban J connectivity index is 2.61. The van der Waals surface area contributed by atoms with Gasteiger partial charge in [-0.2, -0.15) is 5.11 Å². The van der Waals surface area contributed by atoms with Gasteiger partial charge in [0.15, 0.2) is 6.79 Å². The van der Waals surface area contributed by atoms with Crippen LogP contribution in [-0.4, -0.2) is 6.79 Å². The van der Waals surface area contributed by atoms with E-state index >= 15 is 0 Å². The van der Waals surface area contributed by atoms with E-state index in [9.17, 15) is 10.2 Å². The van der Waals surface area contributed by atoms with Crippen LogP contribution in [0.2, 0.25) is 0 Å². The highest BCUT2D eigenvalue weighted by Crippen LogP contribution is 2.12. The first-order valence-electron chi connectivity index (χ1n) is 3.25. The summed E-state index contributed by atoms with van der Waals surface area (Å²) in [5.41, 5.74) is 0.489. The Morgan fingerprint density at radius 2 is 1.91 bits per heavy atom. The fourth-order valence-electron chi connectivity index (χ4n) is 0.768. The molecule has 58 valence electrons. The topological polar surface area (TPSA) is 49.0 Å². The third-order valence-corrected chi connectivity index (χ3v) is 1.29. The monoisotopic (exact) mass is 152 g/mol. The Hall–Kier alpha value is -0.900. The molecule has 0 aromatic heterocycles. The molecule has 1 unspecified atom stereocenters. The van der Waals surface area contributed by atoms with Crippen LogP contribution in [0.1, 0.15) is 11.9 Å². The van der Waals surface area contributed by atoms with Gasteiger partial charge in [-0.15, -0.1) is 0 Å². The summed E-state index contributed by atoms with van der Waals surface area (Å²) in [5.74, 6) is 0. The van der Waals surface area contributed by atoms with E-state index in [4.69, 9.17) is 0 Å². The maximum absolute atomic E-state index is 10.9. The molecule has 0 saturated carbocycles. The van der Waals surface area contributed by atoms with Crippen LogP contribution in [0, 0.1) is 0 Å². The molecule has 11 heavy (non-hydrogen) atoms. The average molecular weight is 152 g/mol. The Labute approximate surface area is 64.9 Å². The molecule has 0 fully saturated rings. The van der Waals surface area contributed by atoms with Gasteiger partial charge in [-0.3, -0.25) is 0 Å². The van der Waals surface area contributed by atoms with Crippen molar-refractivity contribution < 1.29 is 14.9 Å². The molecule has 0 bridgehead atoms. The van der Waals surface area contributed by atoms with E-state index in [-0.39, 0.29) is 0 Å². The number of hydrogen-bond donors (Lipinski definition) is 0. The van der Waals surface area contributed by atoms with Crippen LogP contribution in [0.25, 0.3) is 0 Å². The van der Waals surface area contributed by atoms with Crippen LogP contribution in [0.5, 0.6) is 0 Å². The van der Waals surface area contributed by atoms with Gasteiger partial charge in [-0.25, -0.2) is 5.11 Å². The Morgan fingerprint density at radius 1 is 1.27 bits per heavy atom. The zero-order valence-electron chi connectivity index (χ0n) is 5.90. The molecule has 2 radical (unpaired) electrons. The number of rotatable bonds is 3. The summed E-state index contributed by atoms with van der Waals surface area (Å²) in [6.45, 7) is -0.789. The van der Waals surface area contributed by atoms with Gasteiger partial charge in [-0.1, -0.05) is 30.3 Å². The van der Waals surface area contributed by atoms with Gasteiger partial charge in [0, 0.05) is 5.56 Å². The average Bonchev–Trinajstić information content (AvgIpc) is 2.07. The highest BCUT2D eigenvalue weighted by Gasteiger charge is 2.06. The minimum atomic E-state index is -1.34. The maximum Gasteiger partial charge on any atom is 0.219 e. The standard InChI is InChI=1S/C8H8O3/c9-6-11-8(10)7-4-2-1-3-5-7/h1-5,8H,6H2. The molecular weight excluding hydrogens is 144 g/mol. The second-order valence-electron chi connectivity index (χ2n) is 2.03. The maximum atomic E-state index is 10.9. The molecule has 3 nitrogen and oxygen atoms in total. The zero-order chi connectivity index (χ0) is 8.10. The lowest BCUT2D eigenvalue weighted by Crippen LogP contribution is -2.01. The first kappa shape index (κ1) is 8.20. The second-order valence-corrected chi connectivity index (χ2v) is 2.03. The highest BCUT2D eigenvalue weighted by molar-refractivity contribution is 5.15. The third-order valence-electron chi connectivity index (χ3n) is 1.29. The lowest BCUT2D eigenvalue weighted by atomic mass is 10.2. The fraction of sp³-hybridized carbons (Fsp3) is 0.250. The van der Waals surface area contributed by atoms with Gasteiger partial charge >= 0.3 is 0 Å². The minimum Gasteiger partial charge on any atom is -0.316 e. The third kappa shape index (κ3) is 2.31. The van der Waals surface area contributed by atoms with Gasteiger partial charge in [-0.05, 0) is 0 Å². The smallest absolute Gasteiger partial charge is 0.219 e. The lowest BCUT2D eigenvalue weighted by molar-refractivity contribution is -0.200. The van der Waals surface area contributed by atoms with Gasteiger partial charge in [0.1, 0.15) is 0 Å². The van der Waals surface area contributed by atoms with Crippen molar-refractivity contribution in [1.29, 1.82) is 0 Å². The first-order chi connectivity index (χ1) is 5.34. The summed E-state index contributed by atoms with van der Waals surface area (Å²) in [6, 6.07) is 8.52. The van der Waals surface area contributed by atoms with E-state index in [0.29, 0.717) is 5.56 Å². The fourth-order valence-corrected chi connectivity index (χ4v) is 0.768. The lowest BCUT2D eigenvalue weighted by Gasteiger charge is -2.05. The molecule has 0 amide bonds. The zero-order valence-corrected chi connectivity index (χ0v) is 5.90. The summed E-state index contributed by atoms with van der Waals surface area (Å²) in [7, 11) is 0. The van der Waals surface area contributed by atoms with Crippen LogP contribution < -0.4 is 0 Å². The van der Waals surface area contributed by atoms with Gasteiger partial charge in [0.25, 0.3) is 0 Å². The predicted molar refractivity (Wildman–Crippen MR) is 36.5 cm³/mol. The second kappa shape index (κ2) is 4.08. The van der Waals surface area contributed by atoms with Crippen molar-refractivity contribution in [1.82, 2.24) is 0 Å². The molecule has 0 aliphatic heterocycles. The van der Waals surface area contributed by atoms with E-state index in [1.165, 1.54) is 0 Å². The molecule has 1 rings (SSSR count). The van der Waals surface area contributed by atoms with Crippen molar-refractivity contribution in [3.8, 4) is 0 Å². The molecule has 0 heterocycles. The molecular formula is C8H8O3. The molecule has 1 atom stereocenters. The number of benzene rings is 1. The van der Waals surface area contributed by atoms with Gasteiger partial charge in [0.2, 0.25) is 6.29 Å². The molecule has 1 aromatic rings. The molecule has 0 aliphatic rings. The molecule has 1 aromatic carbocycles. The van der Waals surface area contributed by atoms with E-state index in [1.54, 1.807) is 30.3 Å². The van der Waals surface area contributed by atoms with Gasteiger partial charge in [0.05, 0.1) is 0 Å². The molecule has 0 saturated heterocycles. The quantitative estimate of drug-likeness (QED) is 0.605. The van der Waals surface area contributed by atoms with Crippen molar-refractivity contribution in [2.75, 3.05) is 6.79 Å². The predicted octanol–water partition coefficient (Wildman–Crippen LogP) is 1.52. The van der Waals surface area contributed by atoms with E-state index in [2.05, 4.69) is 4.74 Å². The van der Waals surface area contributed by atoms with Crippen molar-refractivity contribution >= 4 is 0 Å². The van der Waals surface area contributed by atoms with Crippen LogP contribution in [0.3, 0.4) is 0 Å².